The summed E-state index contributed by atoms with van der Waals surface area (Å²) in [6.45, 7) is 1.31. The van der Waals surface area contributed by atoms with E-state index in [2.05, 4.69) is 10.0 Å². The Morgan fingerprint density at radius 2 is 1.94 bits per heavy atom. The van der Waals surface area contributed by atoms with Gasteiger partial charge in [-0.3, -0.25) is 19.8 Å². The van der Waals surface area contributed by atoms with Crippen molar-refractivity contribution in [1.29, 1.82) is 5.41 Å². The van der Waals surface area contributed by atoms with Gasteiger partial charge in [0.1, 0.15) is 11.9 Å². The number of nitrogen functional groups attached to an aromatic ring is 1. The fourth-order valence-electron chi connectivity index (χ4n) is 3.81. The van der Waals surface area contributed by atoms with Gasteiger partial charge in [0.2, 0.25) is 15.9 Å². The summed E-state index contributed by atoms with van der Waals surface area (Å²) < 4.78 is 27.2. The molecule has 1 aliphatic rings. The molecule has 188 valence electrons. The number of nitrogens with zero attached hydrogens (tertiary/aromatic N) is 1. The number of aryl methyl sites for hydroxylation is 1. The Morgan fingerprint density at radius 3 is 2.54 bits per heavy atom. The molecule has 3 atom stereocenters. The molecule has 1 saturated heterocycles. The maximum Gasteiger partial charge on any atom is 0.323 e. The second-order valence-corrected chi connectivity index (χ2v) is 10.1. The lowest BCUT2D eigenvalue weighted by Gasteiger charge is -2.18. The van der Waals surface area contributed by atoms with Crippen molar-refractivity contribution in [1.82, 2.24) is 15.1 Å². The minimum absolute atomic E-state index is 0.0245. The highest BCUT2D eigenvalue weighted by molar-refractivity contribution is 7.89. The van der Waals surface area contributed by atoms with Crippen LogP contribution in [-0.4, -0.2) is 62.0 Å². The highest BCUT2D eigenvalue weighted by Gasteiger charge is 2.34. The largest absolute Gasteiger partial charge is 0.480 e. The zero-order valence-corrected chi connectivity index (χ0v) is 20.2. The first kappa shape index (κ1) is 26.3. The van der Waals surface area contributed by atoms with E-state index in [1.54, 1.807) is 43.3 Å². The molecule has 2 aromatic rings. The van der Waals surface area contributed by atoms with Gasteiger partial charge in [0.15, 0.2) is 0 Å². The number of amidine groups is 1. The summed E-state index contributed by atoms with van der Waals surface area (Å²) >= 11 is 0. The summed E-state index contributed by atoms with van der Waals surface area (Å²) in [7, 11) is -2.33. The molecule has 6 N–H and O–H groups in total. The summed E-state index contributed by atoms with van der Waals surface area (Å²) in [4.78, 5) is 29.8. The molecule has 1 heterocycles. The number of carboxylic acid groups (broad SMARTS) is 1. The van der Waals surface area contributed by atoms with Crippen LogP contribution in [0, 0.1) is 12.3 Å². The van der Waals surface area contributed by atoms with Crippen LogP contribution in [0.5, 0.6) is 0 Å². The molecular weight excluding hydrogens is 474 g/mol. The van der Waals surface area contributed by atoms with Crippen LogP contribution in [-0.2, 0) is 24.4 Å². The molecule has 1 amide bonds. The molecule has 3 rings (SSSR count). The van der Waals surface area contributed by atoms with E-state index in [1.165, 1.54) is 12.1 Å². The van der Waals surface area contributed by atoms with Gasteiger partial charge in [-0.25, -0.2) is 8.42 Å². The number of carbonyl (C=O) groups excluding carboxylic acids is 1. The first-order valence-corrected chi connectivity index (χ1v) is 12.4. The molecule has 1 aliphatic heterocycles. The first-order valence-electron chi connectivity index (χ1n) is 10.9. The number of benzene rings is 2. The molecular formula is C23H29N5O6S. The first-order chi connectivity index (χ1) is 16.5. The zero-order valence-electron chi connectivity index (χ0n) is 19.4. The van der Waals surface area contributed by atoms with E-state index >= 15 is 0 Å². The monoisotopic (exact) mass is 503 g/mol. The number of carboxylic acids is 1. The Kier molecular flexibility index (Phi) is 8.22. The van der Waals surface area contributed by atoms with Crippen molar-refractivity contribution in [3.63, 3.8) is 0 Å². The average molecular weight is 504 g/mol. The molecule has 0 radical (unpaired) electrons. The van der Waals surface area contributed by atoms with Crippen LogP contribution < -0.4 is 15.8 Å². The van der Waals surface area contributed by atoms with E-state index < -0.39 is 40.6 Å². The third kappa shape index (κ3) is 6.85. The Labute approximate surface area is 203 Å². The van der Waals surface area contributed by atoms with Gasteiger partial charge in [-0.05, 0) is 36.6 Å². The van der Waals surface area contributed by atoms with Crippen LogP contribution in [0.15, 0.2) is 53.4 Å². The van der Waals surface area contributed by atoms with Crippen molar-refractivity contribution in [2.24, 2.45) is 5.73 Å². The number of nitrogens with two attached hydrogens (primary N) is 1. The number of hydroxylamine groups is 2. The molecule has 35 heavy (non-hydrogen) atoms. The summed E-state index contributed by atoms with van der Waals surface area (Å²) in [5.74, 6) is -1.90. The van der Waals surface area contributed by atoms with E-state index in [0.717, 1.165) is 5.56 Å². The Morgan fingerprint density at radius 1 is 1.26 bits per heavy atom. The van der Waals surface area contributed by atoms with Crippen LogP contribution >= 0.6 is 0 Å². The number of amides is 1. The maximum atomic E-state index is 12.6. The second-order valence-electron chi connectivity index (χ2n) is 8.40. The summed E-state index contributed by atoms with van der Waals surface area (Å²) in [6, 6.07) is 11.6. The van der Waals surface area contributed by atoms with Crippen LogP contribution in [0.2, 0.25) is 0 Å². The van der Waals surface area contributed by atoms with E-state index in [4.69, 9.17) is 16.0 Å². The predicted octanol–water partition coefficient (Wildman–Crippen LogP) is 0.894. The molecule has 12 heteroatoms. The van der Waals surface area contributed by atoms with Crippen molar-refractivity contribution in [2.75, 3.05) is 13.6 Å². The number of sulfonamides is 1. The Bertz CT molecular complexity index is 1200. The van der Waals surface area contributed by atoms with Crippen LogP contribution in [0.4, 0.5) is 0 Å². The standard InChI is InChI=1S/C23H29N5O6S/c1-14-4-3-5-18(10-14)35(32,33)27-19(23(30)31)13-26-21(29)12-17-11-20(28(2)34-17)15-6-8-16(9-7-15)22(24)25/h3-10,17,19-20,27H,11-13H2,1-2H3,(H3,24,25)(H,26,29)(H,30,31)/t17-,19+,20-/m1/s1. The maximum absolute atomic E-state index is 12.6. The van der Waals surface area contributed by atoms with Gasteiger partial charge in [-0.1, -0.05) is 36.4 Å². The fraction of sp³-hybridized carbons (Fsp3) is 0.348. The van der Waals surface area contributed by atoms with Crippen LogP contribution in [0.1, 0.15) is 35.6 Å². The number of rotatable bonds is 10. The van der Waals surface area contributed by atoms with E-state index in [1.807, 2.05) is 12.1 Å². The van der Waals surface area contributed by atoms with Gasteiger partial charge in [-0.15, -0.1) is 0 Å². The highest BCUT2D eigenvalue weighted by atomic mass is 32.2. The van der Waals surface area contributed by atoms with Crippen LogP contribution in [0.25, 0.3) is 0 Å². The van der Waals surface area contributed by atoms with Crippen molar-refractivity contribution in [2.45, 2.75) is 42.8 Å². The average Bonchev–Trinajstić information content (AvgIpc) is 3.16. The molecule has 2 aromatic carbocycles. The molecule has 0 unspecified atom stereocenters. The predicted molar refractivity (Wildman–Crippen MR) is 128 cm³/mol. The van der Waals surface area contributed by atoms with E-state index in [9.17, 15) is 23.1 Å². The number of hydrogen-bond donors (Lipinski definition) is 5. The SMILES string of the molecule is Cc1cccc(S(=O)(=O)N[C@@H](CNC(=O)C[C@H]2C[C@H](c3ccc(C(=N)N)cc3)N(C)O2)C(=O)O)c1. The number of nitrogens with one attached hydrogen (secondary N) is 3. The quantitative estimate of drug-likeness (QED) is 0.235. The third-order valence-corrected chi connectivity index (χ3v) is 7.13. The van der Waals surface area contributed by atoms with Gasteiger partial charge in [0.05, 0.1) is 23.5 Å². The molecule has 0 bridgehead atoms. The molecule has 11 nitrogen and oxygen atoms in total. The van der Waals surface area contributed by atoms with Gasteiger partial charge in [0.25, 0.3) is 0 Å². The van der Waals surface area contributed by atoms with Crippen molar-refractivity contribution in [3.8, 4) is 0 Å². The lowest BCUT2D eigenvalue weighted by molar-refractivity contribution is -0.152. The smallest absolute Gasteiger partial charge is 0.323 e. The molecule has 0 saturated carbocycles. The van der Waals surface area contributed by atoms with Gasteiger partial charge < -0.3 is 16.2 Å². The van der Waals surface area contributed by atoms with Crippen LogP contribution in [0.3, 0.4) is 0 Å². The molecule has 0 aromatic heterocycles. The van der Waals surface area contributed by atoms with Crippen molar-refractivity contribution >= 4 is 27.7 Å². The highest BCUT2D eigenvalue weighted by Crippen LogP contribution is 2.34. The lowest BCUT2D eigenvalue weighted by Crippen LogP contribution is -2.48. The number of hydrogen-bond acceptors (Lipinski definition) is 7. The minimum Gasteiger partial charge on any atom is -0.480 e. The van der Waals surface area contributed by atoms with Crippen molar-refractivity contribution < 1.29 is 28.0 Å². The van der Waals surface area contributed by atoms with Crippen molar-refractivity contribution in [3.05, 3.63) is 65.2 Å². The van der Waals surface area contributed by atoms with Gasteiger partial charge in [-0.2, -0.15) is 9.79 Å². The zero-order chi connectivity index (χ0) is 25.8. The summed E-state index contributed by atoms with van der Waals surface area (Å²) in [5, 5.41) is 21.1. The number of aliphatic carboxylic acids is 1. The minimum atomic E-state index is -4.09. The molecule has 1 fully saturated rings. The normalized spacial score (nSPS) is 19.3. The fourth-order valence-corrected chi connectivity index (χ4v) is 5.11. The molecule has 0 spiro atoms. The number of carbonyl (C=O) groups is 2. The molecule has 0 aliphatic carbocycles. The lowest BCUT2D eigenvalue weighted by atomic mass is 9.99. The summed E-state index contributed by atoms with van der Waals surface area (Å²) in [5.41, 5.74) is 7.75. The third-order valence-electron chi connectivity index (χ3n) is 5.66. The Balaban J connectivity index is 1.55. The second kappa shape index (κ2) is 11.0. The van der Waals surface area contributed by atoms with E-state index in [-0.39, 0.29) is 23.2 Å². The summed E-state index contributed by atoms with van der Waals surface area (Å²) in [6.07, 6.45) is 0.0550. The Hall–Kier alpha value is -3.32. The van der Waals surface area contributed by atoms with Gasteiger partial charge >= 0.3 is 5.97 Å². The topological polar surface area (TPSA) is 175 Å². The van der Waals surface area contributed by atoms with Gasteiger partial charge in [0, 0.05) is 19.2 Å². The van der Waals surface area contributed by atoms with E-state index in [0.29, 0.717) is 17.5 Å².